The molecule has 0 unspecified atom stereocenters. The van der Waals surface area contributed by atoms with E-state index in [2.05, 4.69) is 48.3 Å². The number of rotatable bonds is 5. The van der Waals surface area contributed by atoms with E-state index in [1.54, 1.807) is 0 Å². The number of hydrogen-bond acceptors (Lipinski definition) is 3. The molecule has 1 fully saturated rings. The summed E-state index contributed by atoms with van der Waals surface area (Å²) in [5.41, 5.74) is 2.41. The van der Waals surface area contributed by atoms with Crippen LogP contribution in [0.25, 0.3) is 0 Å². The fraction of sp³-hybridized carbons (Fsp3) is 0.562. The largest absolute Gasteiger partial charge is 0.379 e. The highest BCUT2D eigenvalue weighted by molar-refractivity contribution is 5.78. The quantitative estimate of drug-likeness (QED) is 0.893. The van der Waals surface area contributed by atoms with E-state index in [4.69, 9.17) is 4.74 Å². The molecular weight excluding hydrogens is 252 g/mol. The third-order valence-corrected chi connectivity index (χ3v) is 3.69. The molecule has 20 heavy (non-hydrogen) atoms. The van der Waals surface area contributed by atoms with Crippen LogP contribution in [-0.4, -0.2) is 43.7 Å². The molecule has 110 valence electrons. The van der Waals surface area contributed by atoms with Crippen molar-refractivity contribution in [2.75, 3.05) is 32.8 Å². The van der Waals surface area contributed by atoms with Crippen LogP contribution in [0.4, 0.5) is 0 Å². The van der Waals surface area contributed by atoms with Crippen molar-refractivity contribution in [3.05, 3.63) is 35.4 Å². The summed E-state index contributed by atoms with van der Waals surface area (Å²) in [5.74, 6) is 0.0966. The molecule has 1 atom stereocenters. The van der Waals surface area contributed by atoms with Crippen molar-refractivity contribution in [3.8, 4) is 0 Å². The van der Waals surface area contributed by atoms with Crippen molar-refractivity contribution >= 4 is 5.91 Å². The summed E-state index contributed by atoms with van der Waals surface area (Å²) in [6.45, 7) is 7.77. The second-order valence-electron chi connectivity index (χ2n) is 5.33. The van der Waals surface area contributed by atoms with E-state index in [-0.39, 0.29) is 11.9 Å². The van der Waals surface area contributed by atoms with Crippen LogP contribution >= 0.6 is 0 Å². The standard InChI is InChI=1S/C16H24N2O2/c1-3-15(14-6-4-13(2)5-7-14)17-16(19)12-18-8-10-20-11-9-18/h4-7,15H,3,8-12H2,1-2H3,(H,17,19)/t15-/m0/s1. The fourth-order valence-electron chi connectivity index (χ4n) is 2.42. The molecule has 0 aliphatic carbocycles. The number of carbonyl (C=O) groups excluding carboxylic acids is 1. The molecule has 0 saturated carbocycles. The maximum atomic E-state index is 12.1. The highest BCUT2D eigenvalue weighted by atomic mass is 16.5. The smallest absolute Gasteiger partial charge is 0.234 e. The van der Waals surface area contributed by atoms with E-state index >= 15 is 0 Å². The van der Waals surface area contributed by atoms with Gasteiger partial charge in [0.2, 0.25) is 5.91 Å². The van der Waals surface area contributed by atoms with Gasteiger partial charge in [-0.1, -0.05) is 36.8 Å². The summed E-state index contributed by atoms with van der Waals surface area (Å²) in [7, 11) is 0. The van der Waals surface area contributed by atoms with Gasteiger partial charge in [0.05, 0.1) is 25.8 Å². The molecule has 1 aliphatic heterocycles. The summed E-state index contributed by atoms with van der Waals surface area (Å²) in [6.07, 6.45) is 0.901. The van der Waals surface area contributed by atoms with E-state index in [1.807, 2.05) is 0 Å². The third-order valence-electron chi connectivity index (χ3n) is 3.69. The molecule has 1 N–H and O–H groups in total. The molecule has 4 heteroatoms. The highest BCUT2D eigenvalue weighted by Gasteiger charge is 2.17. The maximum Gasteiger partial charge on any atom is 0.234 e. The first-order valence-electron chi connectivity index (χ1n) is 7.35. The Balaban J connectivity index is 1.88. The molecular formula is C16H24N2O2. The lowest BCUT2D eigenvalue weighted by Gasteiger charge is -2.27. The molecule has 0 bridgehead atoms. The summed E-state index contributed by atoms with van der Waals surface area (Å²) in [4.78, 5) is 14.3. The van der Waals surface area contributed by atoms with Gasteiger partial charge in [0.1, 0.15) is 0 Å². The second-order valence-corrected chi connectivity index (χ2v) is 5.33. The van der Waals surface area contributed by atoms with Crippen LogP contribution in [0.5, 0.6) is 0 Å². The first-order valence-corrected chi connectivity index (χ1v) is 7.35. The lowest BCUT2D eigenvalue weighted by Crippen LogP contribution is -2.43. The predicted molar refractivity (Wildman–Crippen MR) is 79.6 cm³/mol. The second kappa shape index (κ2) is 7.41. The molecule has 0 spiro atoms. The van der Waals surface area contributed by atoms with E-state index in [9.17, 15) is 4.79 Å². The van der Waals surface area contributed by atoms with Crippen molar-refractivity contribution < 1.29 is 9.53 Å². The number of aryl methyl sites for hydroxylation is 1. The monoisotopic (exact) mass is 276 g/mol. The maximum absolute atomic E-state index is 12.1. The van der Waals surface area contributed by atoms with Gasteiger partial charge in [-0.2, -0.15) is 0 Å². The Hall–Kier alpha value is -1.39. The average molecular weight is 276 g/mol. The number of hydrogen-bond donors (Lipinski definition) is 1. The molecule has 1 saturated heterocycles. The SMILES string of the molecule is CC[C@H](NC(=O)CN1CCOCC1)c1ccc(C)cc1. The summed E-state index contributed by atoms with van der Waals surface area (Å²) < 4.78 is 5.29. The highest BCUT2D eigenvalue weighted by Crippen LogP contribution is 2.17. The van der Waals surface area contributed by atoms with Gasteiger partial charge in [0.15, 0.2) is 0 Å². The van der Waals surface area contributed by atoms with Crippen LogP contribution in [-0.2, 0) is 9.53 Å². The van der Waals surface area contributed by atoms with Gasteiger partial charge < -0.3 is 10.1 Å². The molecule has 0 radical (unpaired) electrons. The van der Waals surface area contributed by atoms with Gasteiger partial charge in [-0.3, -0.25) is 9.69 Å². The number of morpholine rings is 1. The Kier molecular flexibility index (Phi) is 5.56. The normalized spacial score (nSPS) is 17.7. The van der Waals surface area contributed by atoms with Crippen LogP contribution in [0.3, 0.4) is 0 Å². The number of nitrogens with one attached hydrogen (secondary N) is 1. The number of carbonyl (C=O) groups is 1. The Morgan fingerprint density at radius 2 is 1.95 bits per heavy atom. The summed E-state index contributed by atoms with van der Waals surface area (Å²) in [6, 6.07) is 8.47. The molecule has 2 rings (SSSR count). The van der Waals surface area contributed by atoms with Crippen LogP contribution in [0, 0.1) is 6.92 Å². The summed E-state index contributed by atoms with van der Waals surface area (Å²) >= 11 is 0. The van der Waals surface area contributed by atoms with Crippen LogP contribution in [0.15, 0.2) is 24.3 Å². The van der Waals surface area contributed by atoms with Crippen molar-refractivity contribution in [1.82, 2.24) is 10.2 Å². The van der Waals surface area contributed by atoms with E-state index in [1.165, 1.54) is 11.1 Å². The predicted octanol–water partition coefficient (Wildman–Crippen LogP) is 1.89. The van der Waals surface area contributed by atoms with Crippen molar-refractivity contribution in [3.63, 3.8) is 0 Å². The third kappa shape index (κ3) is 4.32. The number of ether oxygens (including phenoxy) is 1. The van der Waals surface area contributed by atoms with Crippen molar-refractivity contribution in [2.45, 2.75) is 26.3 Å². The molecule has 1 amide bonds. The average Bonchev–Trinajstić information content (AvgIpc) is 2.47. The molecule has 4 nitrogen and oxygen atoms in total. The molecule has 1 aliphatic rings. The number of amides is 1. The zero-order valence-electron chi connectivity index (χ0n) is 12.4. The van der Waals surface area contributed by atoms with Crippen LogP contribution < -0.4 is 5.32 Å². The molecule has 1 aromatic rings. The van der Waals surface area contributed by atoms with E-state index in [0.29, 0.717) is 6.54 Å². The first-order chi connectivity index (χ1) is 9.69. The fourth-order valence-corrected chi connectivity index (χ4v) is 2.42. The van der Waals surface area contributed by atoms with Crippen molar-refractivity contribution in [2.24, 2.45) is 0 Å². The van der Waals surface area contributed by atoms with Gasteiger partial charge in [0.25, 0.3) is 0 Å². The topological polar surface area (TPSA) is 41.6 Å². The van der Waals surface area contributed by atoms with Crippen LogP contribution in [0.2, 0.25) is 0 Å². The van der Waals surface area contributed by atoms with E-state index in [0.717, 1.165) is 32.7 Å². The van der Waals surface area contributed by atoms with Gasteiger partial charge in [0, 0.05) is 13.1 Å². The van der Waals surface area contributed by atoms with Gasteiger partial charge in [-0.15, -0.1) is 0 Å². The molecule has 0 aromatic heterocycles. The van der Waals surface area contributed by atoms with Gasteiger partial charge in [-0.05, 0) is 18.9 Å². The molecule has 1 aromatic carbocycles. The lowest BCUT2D eigenvalue weighted by molar-refractivity contribution is -0.124. The minimum atomic E-state index is 0.0966. The number of nitrogens with zero attached hydrogens (tertiary/aromatic N) is 1. The Bertz CT molecular complexity index is 425. The van der Waals surface area contributed by atoms with Crippen molar-refractivity contribution in [1.29, 1.82) is 0 Å². The molecule has 1 heterocycles. The first kappa shape index (κ1) is 15.0. The lowest BCUT2D eigenvalue weighted by atomic mass is 10.0. The Morgan fingerprint density at radius 3 is 2.55 bits per heavy atom. The van der Waals surface area contributed by atoms with Gasteiger partial charge >= 0.3 is 0 Å². The zero-order chi connectivity index (χ0) is 14.4. The minimum Gasteiger partial charge on any atom is -0.379 e. The Labute approximate surface area is 121 Å². The Morgan fingerprint density at radius 1 is 1.30 bits per heavy atom. The van der Waals surface area contributed by atoms with Gasteiger partial charge in [-0.25, -0.2) is 0 Å². The van der Waals surface area contributed by atoms with Crippen LogP contribution in [0.1, 0.15) is 30.5 Å². The summed E-state index contributed by atoms with van der Waals surface area (Å²) in [5, 5.41) is 3.13. The van der Waals surface area contributed by atoms with E-state index < -0.39 is 0 Å². The minimum absolute atomic E-state index is 0.0966. The zero-order valence-corrected chi connectivity index (χ0v) is 12.4. The number of benzene rings is 1.